The predicted molar refractivity (Wildman–Crippen MR) is 97.5 cm³/mol. The summed E-state index contributed by atoms with van der Waals surface area (Å²) in [7, 11) is 0. The van der Waals surface area contributed by atoms with E-state index in [0.29, 0.717) is 6.42 Å². The lowest BCUT2D eigenvalue weighted by molar-refractivity contribution is -0.129. The molecule has 0 amide bonds. The number of benzene rings is 1. The van der Waals surface area contributed by atoms with Gasteiger partial charge in [0.1, 0.15) is 5.78 Å². The number of rotatable bonds is 7. The molecule has 0 bridgehead atoms. The van der Waals surface area contributed by atoms with Crippen molar-refractivity contribution >= 4 is 11.6 Å². The highest BCUT2D eigenvalue weighted by Crippen LogP contribution is 2.33. The molecule has 0 radical (unpaired) electrons. The summed E-state index contributed by atoms with van der Waals surface area (Å²) in [4.78, 5) is 25.0. The van der Waals surface area contributed by atoms with Crippen LogP contribution in [0.25, 0.3) is 0 Å². The zero-order valence-corrected chi connectivity index (χ0v) is 15.6. The Morgan fingerprint density at radius 3 is 2.36 bits per heavy atom. The molecular formula is C21H28O4. The van der Waals surface area contributed by atoms with E-state index >= 15 is 0 Å². The van der Waals surface area contributed by atoms with E-state index in [1.165, 1.54) is 11.1 Å². The fourth-order valence-electron chi connectivity index (χ4n) is 3.70. The Hall–Kier alpha value is -1.78. The van der Waals surface area contributed by atoms with Crippen molar-refractivity contribution in [2.75, 3.05) is 19.8 Å². The molecule has 1 aliphatic carbocycles. The molecule has 1 atom stereocenters. The van der Waals surface area contributed by atoms with E-state index in [4.69, 9.17) is 9.84 Å². The number of aryl methyl sites for hydroxylation is 2. The third kappa shape index (κ3) is 4.86. The van der Waals surface area contributed by atoms with Gasteiger partial charge in [0.2, 0.25) is 0 Å². The van der Waals surface area contributed by atoms with Crippen LogP contribution in [-0.4, -0.2) is 36.5 Å². The molecule has 0 heterocycles. The van der Waals surface area contributed by atoms with Crippen molar-refractivity contribution in [3.05, 3.63) is 46.0 Å². The molecule has 1 aromatic carbocycles. The Morgan fingerprint density at radius 1 is 1.16 bits per heavy atom. The second-order valence-electron chi connectivity index (χ2n) is 7.18. The summed E-state index contributed by atoms with van der Waals surface area (Å²) in [5.74, 6) is -0.464. The number of hydrogen-bond acceptors (Lipinski definition) is 4. The lowest BCUT2D eigenvalue weighted by Crippen LogP contribution is -2.34. The van der Waals surface area contributed by atoms with Crippen LogP contribution in [0.1, 0.15) is 37.0 Å². The minimum Gasteiger partial charge on any atom is -0.394 e. The molecule has 1 aliphatic rings. The first-order valence-corrected chi connectivity index (χ1v) is 8.88. The molecule has 25 heavy (non-hydrogen) atoms. The van der Waals surface area contributed by atoms with E-state index in [1.807, 2.05) is 27.7 Å². The molecule has 1 N–H and O–H groups in total. The van der Waals surface area contributed by atoms with Gasteiger partial charge in [0.25, 0.3) is 0 Å². The monoisotopic (exact) mass is 344 g/mol. The number of carbonyl (C=O) groups is 2. The summed E-state index contributed by atoms with van der Waals surface area (Å²) < 4.78 is 5.46. The van der Waals surface area contributed by atoms with Crippen LogP contribution in [0.3, 0.4) is 0 Å². The van der Waals surface area contributed by atoms with Crippen molar-refractivity contribution < 1.29 is 19.4 Å². The quantitative estimate of drug-likeness (QED) is 0.610. The number of aliphatic hydroxyl groups is 1. The van der Waals surface area contributed by atoms with Gasteiger partial charge in [-0.25, -0.2) is 0 Å². The number of allylic oxidation sites excluding steroid dienone is 1. The Morgan fingerprint density at radius 2 is 1.80 bits per heavy atom. The largest absolute Gasteiger partial charge is 0.394 e. The van der Waals surface area contributed by atoms with Gasteiger partial charge in [-0.3, -0.25) is 9.59 Å². The molecule has 0 spiro atoms. The van der Waals surface area contributed by atoms with Gasteiger partial charge >= 0.3 is 0 Å². The van der Waals surface area contributed by atoms with Gasteiger partial charge in [0, 0.05) is 0 Å². The third-order valence-electron chi connectivity index (χ3n) is 4.56. The first-order valence-electron chi connectivity index (χ1n) is 8.88. The average Bonchev–Trinajstić information content (AvgIpc) is 2.48. The topological polar surface area (TPSA) is 63.6 Å². The van der Waals surface area contributed by atoms with E-state index in [9.17, 15) is 9.59 Å². The van der Waals surface area contributed by atoms with Gasteiger partial charge in [0.15, 0.2) is 5.78 Å². The molecule has 4 nitrogen and oxygen atoms in total. The summed E-state index contributed by atoms with van der Waals surface area (Å²) in [6, 6.07) is 6.32. The number of carbonyl (C=O) groups excluding carboxylic acids is 2. The molecular weight excluding hydrogens is 316 g/mol. The van der Waals surface area contributed by atoms with Crippen LogP contribution in [0.2, 0.25) is 0 Å². The van der Waals surface area contributed by atoms with E-state index in [2.05, 4.69) is 18.2 Å². The molecule has 0 saturated heterocycles. The number of ether oxygens (including phenoxy) is 1. The Balaban J connectivity index is 2.43. The summed E-state index contributed by atoms with van der Waals surface area (Å²) in [6.07, 6.45) is 0.539. The second-order valence-corrected chi connectivity index (χ2v) is 7.18. The minimum atomic E-state index is -0.400. The first kappa shape index (κ1) is 19.5. The van der Waals surface area contributed by atoms with Crippen molar-refractivity contribution in [3.63, 3.8) is 0 Å². The van der Waals surface area contributed by atoms with Crippen molar-refractivity contribution in [1.82, 2.24) is 0 Å². The summed E-state index contributed by atoms with van der Waals surface area (Å²) in [6.45, 7) is 8.44. The molecule has 1 aromatic rings. The zero-order valence-electron chi connectivity index (χ0n) is 15.6. The highest BCUT2D eigenvalue weighted by Gasteiger charge is 2.35. The van der Waals surface area contributed by atoms with Gasteiger partial charge in [-0.15, -0.1) is 0 Å². The van der Waals surface area contributed by atoms with Crippen LogP contribution in [0.4, 0.5) is 0 Å². The minimum absolute atomic E-state index is 0.0446. The SMILES string of the molecule is Cc1cc(C)cc(CC2=C(C(C)C)C(=O)CC(=O)C2COCCO)c1. The van der Waals surface area contributed by atoms with Crippen LogP contribution in [0, 0.1) is 25.7 Å². The first-order chi connectivity index (χ1) is 11.8. The van der Waals surface area contributed by atoms with Crippen LogP contribution in [0.5, 0.6) is 0 Å². The normalized spacial score (nSPS) is 18.4. The van der Waals surface area contributed by atoms with Crippen molar-refractivity contribution in [3.8, 4) is 0 Å². The van der Waals surface area contributed by atoms with Gasteiger partial charge in [-0.1, -0.05) is 43.2 Å². The smallest absolute Gasteiger partial charge is 0.166 e. The standard InChI is InChI=1S/C21H28O4/c1-13(2)21-17(10-16-8-14(3)7-15(4)9-16)18(12-25-6-5-22)19(23)11-20(21)24/h7-9,13,18,22H,5-6,10-12H2,1-4H3. The lowest BCUT2D eigenvalue weighted by Gasteiger charge is -2.29. The van der Waals surface area contributed by atoms with E-state index in [0.717, 1.165) is 16.7 Å². The highest BCUT2D eigenvalue weighted by molar-refractivity contribution is 6.12. The van der Waals surface area contributed by atoms with Crippen molar-refractivity contribution in [1.29, 1.82) is 0 Å². The number of aliphatic hydroxyl groups excluding tert-OH is 1. The summed E-state index contributed by atoms with van der Waals surface area (Å²) >= 11 is 0. The summed E-state index contributed by atoms with van der Waals surface area (Å²) in [5.41, 5.74) is 5.11. The highest BCUT2D eigenvalue weighted by atomic mass is 16.5. The fraction of sp³-hybridized carbons (Fsp3) is 0.524. The number of hydrogen-bond donors (Lipinski definition) is 1. The Labute approximate surface area is 149 Å². The second kappa shape index (κ2) is 8.54. The maximum Gasteiger partial charge on any atom is 0.166 e. The average molecular weight is 344 g/mol. The third-order valence-corrected chi connectivity index (χ3v) is 4.56. The van der Waals surface area contributed by atoms with Crippen molar-refractivity contribution in [2.45, 2.75) is 40.5 Å². The van der Waals surface area contributed by atoms with Gasteiger partial charge < -0.3 is 9.84 Å². The maximum absolute atomic E-state index is 12.5. The van der Waals surface area contributed by atoms with E-state index in [1.54, 1.807) is 0 Å². The van der Waals surface area contributed by atoms with E-state index < -0.39 is 5.92 Å². The van der Waals surface area contributed by atoms with Crippen LogP contribution < -0.4 is 0 Å². The maximum atomic E-state index is 12.5. The lowest BCUT2D eigenvalue weighted by atomic mass is 9.75. The molecule has 0 aliphatic heterocycles. The molecule has 0 fully saturated rings. The molecule has 0 saturated carbocycles. The number of ketones is 2. The zero-order chi connectivity index (χ0) is 18.6. The van der Waals surface area contributed by atoms with Crippen LogP contribution in [-0.2, 0) is 20.7 Å². The van der Waals surface area contributed by atoms with Gasteiger partial charge in [0.05, 0.1) is 32.2 Å². The molecule has 136 valence electrons. The van der Waals surface area contributed by atoms with Crippen LogP contribution >= 0.6 is 0 Å². The predicted octanol–water partition coefficient (Wildman–Crippen LogP) is 2.97. The fourth-order valence-corrected chi connectivity index (χ4v) is 3.70. The molecule has 4 heteroatoms. The Bertz CT molecular complexity index is 665. The van der Waals surface area contributed by atoms with E-state index in [-0.39, 0.29) is 43.7 Å². The molecule has 1 unspecified atom stereocenters. The molecule has 0 aromatic heterocycles. The van der Waals surface area contributed by atoms with Gasteiger partial charge in [-0.05, 0) is 42.9 Å². The van der Waals surface area contributed by atoms with Crippen LogP contribution in [0.15, 0.2) is 29.3 Å². The van der Waals surface area contributed by atoms with Gasteiger partial charge in [-0.2, -0.15) is 0 Å². The summed E-state index contributed by atoms with van der Waals surface area (Å²) in [5, 5.41) is 8.93. The molecule has 2 rings (SSSR count). The Kier molecular flexibility index (Phi) is 6.68. The number of Topliss-reactive ketones (excluding diaryl/α,β-unsaturated/α-hetero) is 2. The van der Waals surface area contributed by atoms with Crippen molar-refractivity contribution in [2.24, 2.45) is 11.8 Å².